The average molecular weight is 349 g/mol. The SMILES string of the molecule is C=CCCCC1=C2CC[C@H](O[Si](C)(C)C(C)(C)C)[C@@]2(C)CCC1=O. The fourth-order valence-corrected chi connectivity index (χ4v) is 5.45. The fourth-order valence-electron chi connectivity index (χ4n) is 4.01. The first-order valence-corrected chi connectivity index (χ1v) is 12.5. The van der Waals surface area contributed by atoms with Crippen LogP contribution in [0.1, 0.15) is 72.6 Å². The van der Waals surface area contributed by atoms with Crippen molar-refractivity contribution in [2.75, 3.05) is 0 Å². The molecule has 1 saturated carbocycles. The van der Waals surface area contributed by atoms with Gasteiger partial charge in [-0.1, -0.05) is 39.3 Å². The zero-order chi connectivity index (χ0) is 18.2. The van der Waals surface area contributed by atoms with Crippen molar-refractivity contribution in [2.45, 2.75) is 96.9 Å². The molecule has 0 aliphatic heterocycles. The Morgan fingerprint density at radius 3 is 2.58 bits per heavy atom. The first kappa shape index (κ1) is 19.6. The van der Waals surface area contributed by atoms with Gasteiger partial charge in [-0.3, -0.25) is 4.79 Å². The third kappa shape index (κ3) is 3.62. The molecule has 24 heavy (non-hydrogen) atoms. The quantitative estimate of drug-likeness (QED) is 0.325. The van der Waals surface area contributed by atoms with Gasteiger partial charge < -0.3 is 4.43 Å². The van der Waals surface area contributed by atoms with Crippen LogP contribution in [-0.4, -0.2) is 20.2 Å². The van der Waals surface area contributed by atoms with Crippen molar-refractivity contribution in [2.24, 2.45) is 5.41 Å². The van der Waals surface area contributed by atoms with E-state index in [1.54, 1.807) is 0 Å². The fraction of sp³-hybridized carbons (Fsp3) is 0.762. The average Bonchev–Trinajstić information content (AvgIpc) is 2.78. The summed E-state index contributed by atoms with van der Waals surface area (Å²) in [4.78, 5) is 12.5. The summed E-state index contributed by atoms with van der Waals surface area (Å²) < 4.78 is 6.82. The van der Waals surface area contributed by atoms with Crippen LogP contribution in [0.15, 0.2) is 23.8 Å². The highest BCUT2D eigenvalue weighted by Gasteiger charge is 2.51. The summed E-state index contributed by atoms with van der Waals surface area (Å²) in [6.45, 7) is 17.8. The number of rotatable bonds is 6. The minimum absolute atomic E-state index is 0.0763. The van der Waals surface area contributed by atoms with Crippen LogP contribution in [0.25, 0.3) is 0 Å². The maximum absolute atomic E-state index is 12.5. The molecule has 1 fully saturated rings. The van der Waals surface area contributed by atoms with E-state index in [1.807, 2.05) is 6.08 Å². The number of hydrogen-bond acceptors (Lipinski definition) is 2. The highest BCUT2D eigenvalue weighted by Crippen LogP contribution is 2.54. The van der Waals surface area contributed by atoms with Crippen LogP contribution >= 0.6 is 0 Å². The molecule has 0 spiro atoms. The van der Waals surface area contributed by atoms with Crippen LogP contribution in [0.2, 0.25) is 18.1 Å². The van der Waals surface area contributed by atoms with Crippen molar-refractivity contribution >= 4 is 14.1 Å². The summed E-state index contributed by atoms with van der Waals surface area (Å²) in [6.07, 6.45) is 8.98. The number of carbonyl (C=O) groups excluding carboxylic acids is 1. The molecular formula is C21H36O2Si. The van der Waals surface area contributed by atoms with Gasteiger partial charge in [0.15, 0.2) is 14.1 Å². The highest BCUT2D eigenvalue weighted by atomic mass is 28.4. The molecule has 136 valence electrons. The molecule has 2 nitrogen and oxygen atoms in total. The van der Waals surface area contributed by atoms with Crippen molar-refractivity contribution in [1.82, 2.24) is 0 Å². The first-order valence-electron chi connectivity index (χ1n) is 9.57. The van der Waals surface area contributed by atoms with Gasteiger partial charge in [0, 0.05) is 11.8 Å². The largest absolute Gasteiger partial charge is 0.413 e. The number of unbranched alkanes of at least 4 members (excludes halogenated alkanes) is 1. The number of ketones is 1. The predicted molar refractivity (Wildman–Crippen MR) is 105 cm³/mol. The van der Waals surface area contributed by atoms with Gasteiger partial charge in [0.25, 0.3) is 0 Å². The molecule has 0 radical (unpaired) electrons. The third-order valence-electron chi connectivity index (χ3n) is 6.71. The minimum atomic E-state index is -1.78. The molecular weight excluding hydrogens is 312 g/mol. The minimum Gasteiger partial charge on any atom is -0.413 e. The van der Waals surface area contributed by atoms with E-state index in [0.29, 0.717) is 12.2 Å². The van der Waals surface area contributed by atoms with Gasteiger partial charge >= 0.3 is 0 Å². The molecule has 0 aromatic carbocycles. The van der Waals surface area contributed by atoms with Gasteiger partial charge in [0.05, 0.1) is 6.10 Å². The maximum Gasteiger partial charge on any atom is 0.192 e. The summed E-state index contributed by atoms with van der Waals surface area (Å²) in [6, 6.07) is 0. The van der Waals surface area contributed by atoms with Crippen LogP contribution in [0.5, 0.6) is 0 Å². The Hall–Kier alpha value is -0.673. The smallest absolute Gasteiger partial charge is 0.192 e. The Morgan fingerprint density at radius 2 is 2.00 bits per heavy atom. The normalized spacial score (nSPS) is 28.2. The third-order valence-corrected chi connectivity index (χ3v) is 11.2. The van der Waals surface area contributed by atoms with E-state index >= 15 is 0 Å². The lowest BCUT2D eigenvalue weighted by molar-refractivity contribution is -0.117. The van der Waals surface area contributed by atoms with Crippen LogP contribution in [0.4, 0.5) is 0 Å². The van der Waals surface area contributed by atoms with Crippen molar-refractivity contribution in [3.8, 4) is 0 Å². The van der Waals surface area contributed by atoms with Gasteiger partial charge in [-0.25, -0.2) is 0 Å². The van der Waals surface area contributed by atoms with Crippen molar-refractivity contribution in [3.05, 3.63) is 23.8 Å². The monoisotopic (exact) mass is 348 g/mol. The molecule has 0 aromatic rings. The zero-order valence-corrected chi connectivity index (χ0v) is 17.6. The van der Waals surface area contributed by atoms with E-state index in [-0.39, 0.29) is 16.6 Å². The molecule has 0 N–H and O–H groups in total. The second-order valence-corrected chi connectivity index (χ2v) is 14.1. The van der Waals surface area contributed by atoms with Gasteiger partial charge in [0.1, 0.15) is 0 Å². The van der Waals surface area contributed by atoms with Crippen molar-refractivity contribution < 1.29 is 9.22 Å². The molecule has 2 aliphatic rings. The van der Waals surface area contributed by atoms with E-state index < -0.39 is 8.32 Å². The van der Waals surface area contributed by atoms with E-state index in [1.165, 1.54) is 5.57 Å². The molecule has 0 unspecified atom stereocenters. The van der Waals surface area contributed by atoms with E-state index in [2.05, 4.69) is 47.4 Å². The molecule has 0 aromatic heterocycles. The Balaban J connectivity index is 2.26. The lowest BCUT2D eigenvalue weighted by Crippen LogP contribution is -2.47. The van der Waals surface area contributed by atoms with E-state index in [9.17, 15) is 4.79 Å². The standard InChI is InChI=1S/C21H36O2Si/c1-8-9-10-11-16-17-12-13-19(21(17,5)15-14-18(16)22)23-24(6,7)20(2,3)4/h8,19H,1,9-15H2,2-7H3/t19-,21-/m0/s1. The number of Topliss-reactive ketones (excluding diaryl/α,β-unsaturated/α-hetero) is 1. The highest BCUT2D eigenvalue weighted by molar-refractivity contribution is 6.74. The maximum atomic E-state index is 12.5. The summed E-state index contributed by atoms with van der Waals surface area (Å²) in [5, 5.41) is 0.229. The van der Waals surface area contributed by atoms with Crippen molar-refractivity contribution in [3.63, 3.8) is 0 Å². The summed E-state index contributed by atoms with van der Waals surface area (Å²) >= 11 is 0. The first-order chi connectivity index (χ1) is 11.0. The van der Waals surface area contributed by atoms with Crippen LogP contribution < -0.4 is 0 Å². The summed E-state index contributed by atoms with van der Waals surface area (Å²) in [5.41, 5.74) is 2.63. The summed E-state index contributed by atoms with van der Waals surface area (Å²) in [7, 11) is -1.78. The lowest BCUT2D eigenvalue weighted by atomic mass is 9.70. The van der Waals surface area contributed by atoms with Gasteiger partial charge in [-0.15, -0.1) is 6.58 Å². The summed E-state index contributed by atoms with van der Waals surface area (Å²) in [5.74, 6) is 0.388. The van der Waals surface area contributed by atoms with Crippen molar-refractivity contribution in [1.29, 1.82) is 0 Å². The van der Waals surface area contributed by atoms with Gasteiger partial charge in [-0.2, -0.15) is 0 Å². The molecule has 2 rings (SSSR count). The van der Waals surface area contributed by atoms with E-state index in [4.69, 9.17) is 4.43 Å². The molecule has 0 saturated heterocycles. The Labute approximate surface area is 149 Å². The number of fused-ring (bicyclic) bond motifs is 1. The Morgan fingerprint density at radius 1 is 1.33 bits per heavy atom. The van der Waals surface area contributed by atoms with Crippen LogP contribution in [-0.2, 0) is 9.22 Å². The molecule has 0 heterocycles. The van der Waals surface area contributed by atoms with Gasteiger partial charge in [-0.05, 0) is 62.2 Å². The molecule has 2 aliphatic carbocycles. The molecule has 3 heteroatoms. The molecule has 2 atom stereocenters. The van der Waals surface area contributed by atoms with Gasteiger partial charge in [0.2, 0.25) is 0 Å². The Bertz CT molecular complexity index is 539. The number of carbonyl (C=O) groups is 1. The van der Waals surface area contributed by atoms with Crippen LogP contribution in [0, 0.1) is 5.41 Å². The zero-order valence-electron chi connectivity index (χ0n) is 16.6. The predicted octanol–water partition coefficient (Wildman–Crippen LogP) is 6.19. The van der Waals surface area contributed by atoms with Crippen LogP contribution in [0.3, 0.4) is 0 Å². The second-order valence-electron chi connectivity index (χ2n) is 9.38. The number of allylic oxidation sites excluding steroid dienone is 2. The molecule has 0 amide bonds. The Kier molecular flexibility index (Phi) is 5.66. The topological polar surface area (TPSA) is 26.3 Å². The van der Waals surface area contributed by atoms with E-state index in [0.717, 1.165) is 44.1 Å². The molecule has 0 bridgehead atoms. The second kappa shape index (κ2) is 6.91. The number of hydrogen-bond donors (Lipinski definition) is 0. The lowest BCUT2D eigenvalue weighted by Gasteiger charge is -2.44.